The fourth-order valence-corrected chi connectivity index (χ4v) is 3.00. The molecule has 1 aliphatic heterocycles. The Morgan fingerprint density at radius 1 is 0.955 bits per heavy atom. The molecule has 0 atom stereocenters. The molecule has 3 nitrogen and oxygen atoms in total. The molecule has 1 saturated heterocycles. The summed E-state index contributed by atoms with van der Waals surface area (Å²) in [4.78, 5) is 2.42. The Kier molecular flexibility index (Phi) is 4.96. The zero-order chi connectivity index (χ0) is 15.2. The molecule has 2 aromatic carbocycles. The van der Waals surface area contributed by atoms with E-state index in [0.717, 1.165) is 31.9 Å². The van der Waals surface area contributed by atoms with E-state index < -0.39 is 0 Å². The quantitative estimate of drug-likeness (QED) is 0.881. The van der Waals surface area contributed by atoms with Gasteiger partial charge in [0, 0.05) is 26.2 Å². The molecule has 0 unspecified atom stereocenters. The van der Waals surface area contributed by atoms with Gasteiger partial charge in [-0.05, 0) is 36.1 Å². The number of hydrogen-bond donors (Lipinski definition) is 1. The van der Waals surface area contributed by atoms with Crippen LogP contribution in [0.25, 0.3) is 0 Å². The number of ether oxygens (including phenoxy) is 1. The summed E-state index contributed by atoms with van der Waals surface area (Å²) >= 11 is 0. The van der Waals surface area contributed by atoms with E-state index in [2.05, 4.69) is 52.7 Å². The first-order chi connectivity index (χ1) is 10.9. The number of rotatable bonds is 6. The Morgan fingerprint density at radius 3 is 2.41 bits per heavy atom. The number of methoxy groups -OCH3 is 1. The minimum Gasteiger partial charge on any atom is -0.495 e. The highest BCUT2D eigenvalue weighted by Gasteiger charge is 2.16. The normalized spacial score (nSPS) is 14.3. The van der Waals surface area contributed by atoms with Gasteiger partial charge in [0.05, 0.1) is 12.8 Å². The van der Waals surface area contributed by atoms with Gasteiger partial charge in [-0.15, -0.1) is 0 Å². The zero-order valence-electron chi connectivity index (χ0n) is 13.2. The van der Waals surface area contributed by atoms with Crippen molar-refractivity contribution in [3.8, 4) is 5.75 Å². The van der Waals surface area contributed by atoms with Crippen molar-refractivity contribution in [1.82, 2.24) is 5.32 Å². The van der Waals surface area contributed by atoms with Gasteiger partial charge < -0.3 is 15.0 Å². The van der Waals surface area contributed by atoms with Crippen molar-refractivity contribution >= 4 is 5.69 Å². The van der Waals surface area contributed by atoms with Crippen LogP contribution >= 0.6 is 0 Å². The third kappa shape index (κ3) is 3.60. The molecule has 116 valence electrons. The van der Waals surface area contributed by atoms with Crippen molar-refractivity contribution in [3.63, 3.8) is 0 Å². The largest absolute Gasteiger partial charge is 0.495 e. The van der Waals surface area contributed by atoms with Crippen LogP contribution in [0.15, 0.2) is 48.5 Å². The van der Waals surface area contributed by atoms with E-state index in [9.17, 15) is 0 Å². The summed E-state index contributed by atoms with van der Waals surface area (Å²) in [6.07, 6.45) is 2.56. The van der Waals surface area contributed by atoms with E-state index in [1.54, 1.807) is 7.11 Å². The highest BCUT2D eigenvalue weighted by molar-refractivity contribution is 5.60. The van der Waals surface area contributed by atoms with Gasteiger partial charge in [0.1, 0.15) is 5.75 Å². The molecular weight excluding hydrogens is 272 g/mol. The molecule has 0 spiro atoms. The second-order valence-electron chi connectivity index (χ2n) is 5.79. The minimum absolute atomic E-state index is 0.853. The highest BCUT2D eigenvalue weighted by Crippen LogP contribution is 2.31. The topological polar surface area (TPSA) is 24.5 Å². The Hall–Kier alpha value is -2.00. The van der Waals surface area contributed by atoms with E-state index in [1.807, 2.05) is 6.07 Å². The molecule has 22 heavy (non-hydrogen) atoms. The molecule has 0 bridgehead atoms. The Balaban J connectivity index is 1.62. The predicted molar refractivity (Wildman–Crippen MR) is 91.4 cm³/mol. The number of nitrogens with zero attached hydrogens (tertiary/aromatic N) is 1. The summed E-state index contributed by atoms with van der Waals surface area (Å²) in [6.45, 7) is 4.02. The van der Waals surface area contributed by atoms with Crippen molar-refractivity contribution < 1.29 is 4.74 Å². The zero-order valence-corrected chi connectivity index (χ0v) is 13.2. The van der Waals surface area contributed by atoms with Crippen molar-refractivity contribution in [2.45, 2.75) is 25.9 Å². The predicted octanol–water partition coefficient (Wildman–Crippen LogP) is 3.59. The highest BCUT2D eigenvalue weighted by atomic mass is 16.5. The molecule has 0 saturated carbocycles. The molecule has 0 aromatic heterocycles. The lowest BCUT2D eigenvalue weighted by Crippen LogP contribution is -2.19. The average molecular weight is 296 g/mol. The van der Waals surface area contributed by atoms with Crippen LogP contribution in [-0.2, 0) is 13.1 Å². The SMILES string of the molecule is COc1cc(CNCc2ccccc2)ccc1N1CCCC1. The van der Waals surface area contributed by atoms with Gasteiger partial charge in [0.15, 0.2) is 0 Å². The molecule has 0 radical (unpaired) electrons. The van der Waals surface area contributed by atoms with E-state index in [0.29, 0.717) is 0 Å². The smallest absolute Gasteiger partial charge is 0.142 e. The van der Waals surface area contributed by atoms with Crippen LogP contribution < -0.4 is 15.0 Å². The fourth-order valence-electron chi connectivity index (χ4n) is 3.00. The summed E-state index contributed by atoms with van der Waals surface area (Å²) in [6, 6.07) is 17.0. The fraction of sp³-hybridized carbons (Fsp3) is 0.368. The average Bonchev–Trinajstić information content (AvgIpc) is 3.10. The Morgan fingerprint density at radius 2 is 1.68 bits per heavy atom. The first-order valence-corrected chi connectivity index (χ1v) is 8.03. The minimum atomic E-state index is 0.853. The van der Waals surface area contributed by atoms with Crippen molar-refractivity contribution in [2.24, 2.45) is 0 Å². The molecule has 1 fully saturated rings. The van der Waals surface area contributed by atoms with Gasteiger partial charge >= 0.3 is 0 Å². The van der Waals surface area contributed by atoms with Gasteiger partial charge in [-0.1, -0.05) is 36.4 Å². The van der Waals surface area contributed by atoms with Crippen molar-refractivity contribution in [2.75, 3.05) is 25.1 Å². The van der Waals surface area contributed by atoms with Crippen LogP contribution in [0.4, 0.5) is 5.69 Å². The maximum absolute atomic E-state index is 5.59. The lowest BCUT2D eigenvalue weighted by atomic mass is 10.1. The van der Waals surface area contributed by atoms with E-state index in [1.165, 1.54) is 29.7 Å². The Bertz CT molecular complexity index is 592. The lowest BCUT2D eigenvalue weighted by molar-refractivity contribution is 0.414. The number of benzene rings is 2. The molecule has 0 amide bonds. The summed E-state index contributed by atoms with van der Waals surface area (Å²) in [5, 5.41) is 3.49. The molecular formula is C19H24N2O. The second-order valence-corrected chi connectivity index (χ2v) is 5.79. The van der Waals surface area contributed by atoms with Gasteiger partial charge in [0.25, 0.3) is 0 Å². The molecule has 1 N–H and O–H groups in total. The molecule has 3 heteroatoms. The van der Waals surface area contributed by atoms with Crippen LogP contribution in [0.5, 0.6) is 5.75 Å². The van der Waals surface area contributed by atoms with Gasteiger partial charge in [-0.3, -0.25) is 0 Å². The lowest BCUT2D eigenvalue weighted by Gasteiger charge is -2.21. The summed E-state index contributed by atoms with van der Waals surface area (Å²) in [5.41, 5.74) is 3.80. The standard InChI is InChI=1S/C19H24N2O/c1-22-19-13-17(9-10-18(19)21-11-5-6-12-21)15-20-14-16-7-3-2-4-8-16/h2-4,7-10,13,20H,5-6,11-12,14-15H2,1H3. The second kappa shape index (κ2) is 7.32. The maximum Gasteiger partial charge on any atom is 0.142 e. The monoisotopic (exact) mass is 296 g/mol. The van der Waals surface area contributed by atoms with E-state index >= 15 is 0 Å². The van der Waals surface area contributed by atoms with Crippen LogP contribution in [0.3, 0.4) is 0 Å². The van der Waals surface area contributed by atoms with E-state index in [-0.39, 0.29) is 0 Å². The molecule has 1 aliphatic rings. The van der Waals surface area contributed by atoms with Gasteiger partial charge in [0.2, 0.25) is 0 Å². The van der Waals surface area contributed by atoms with Crippen LogP contribution in [-0.4, -0.2) is 20.2 Å². The van der Waals surface area contributed by atoms with Crippen LogP contribution in [0.1, 0.15) is 24.0 Å². The van der Waals surface area contributed by atoms with Crippen LogP contribution in [0.2, 0.25) is 0 Å². The first kappa shape index (κ1) is 14.9. The Labute approximate surface area is 132 Å². The van der Waals surface area contributed by atoms with Gasteiger partial charge in [-0.25, -0.2) is 0 Å². The number of hydrogen-bond acceptors (Lipinski definition) is 3. The molecule has 3 rings (SSSR count). The summed E-state index contributed by atoms with van der Waals surface area (Å²) < 4.78 is 5.59. The molecule has 0 aliphatic carbocycles. The van der Waals surface area contributed by atoms with Crippen molar-refractivity contribution in [1.29, 1.82) is 0 Å². The molecule has 1 heterocycles. The maximum atomic E-state index is 5.59. The number of nitrogens with one attached hydrogen (secondary N) is 1. The van der Waals surface area contributed by atoms with Gasteiger partial charge in [-0.2, -0.15) is 0 Å². The molecule has 2 aromatic rings. The summed E-state index contributed by atoms with van der Waals surface area (Å²) in [5.74, 6) is 0.987. The number of anilines is 1. The summed E-state index contributed by atoms with van der Waals surface area (Å²) in [7, 11) is 1.76. The van der Waals surface area contributed by atoms with Crippen LogP contribution in [0, 0.1) is 0 Å². The van der Waals surface area contributed by atoms with E-state index in [4.69, 9.17) is 4.74 Å². The van der Waals surface area contributed by atoms with Crippen molar-refractivity contribution in [3.05, 3.63) is 59.7 Å². The third-order valence-corrected chi connectivity index (χ3v) is 4.19. The first-order valence-electron chi connectivity index (χ1n) is 8.03. The third-order valence-electron chi connectivity index (χ3n) is 4.19.